The lowest BCUT2D eigenvalue weighted by Gasteiger charge is -2.18. The van der Waals surface area contributed by atoms with E-state index in [2.05, 4.69) is 5.32 Å². The van der Waals surface area contributed by atoms with Gasteiger partial charge in [0.25, 0.3) is 5.91 Å². The van der Waals surface area contributed by atoms with Crippen LogP contribution in [0.2, 0.25) is 0 Å². The number of nitrogens with one attached hydrogen (secondary N) is 1. The first-order valence-electron chi connectivity index (χ1n) is 8.67. The van der Waals surface area contributed by atoms with Gasteiger partial charge >= 0.3 is 0 Å². The highest BCUT2D eigenvalue weighted by Gasteiger charge is 2.14. The number of hydrogen-bond acceptors (Lipinski definition) is 4. The van der Waals surface area contributed by atoms with Crippen LogP contribution in [-0.2, 0) is 4.79 Å². The fraction of sp³-hybridized carbons (Fsp3) is 0.143. The maximum Gasteiger partial charge on any atom is 0.257 e. The first kappa shape index (κ1) is 18.6. The highest BCUT2D eigenvalue weighted by Crippen LogP contribution is 2.34. The van der Waals surface area contributed by atoms with E-state index < -0.39 is 10.7 Å². The number of carbonyl (C=O) groups is 1. The number of nitrogens with zero attached hydrogens (tertiary/aromatic N) is 1. The van der Waals surface area contributed by atoms with Gasteiger partial charge in [-0.3, -0.25) is 4.79 Å². The number of aromatic nitrogens is 1. The highest BCUT2D eigenvalue weighted by molar-refractivity contribution is 6.54. The molecule has 142 valence electrons. The SMILES string of the molecule is O=C(Nc1cccc(-c2cccc(-c3ccc4c(c3)OCCO4)n2)c1)C(Cl)Cl. The maximum atomic E-state index is 11.7. The predicted octanol–water partition coefficient (Wildman–Crippen LogP) is 4.93. The van der Waals surface area contributed by atoms with E-state index in [-0.39, 0.29) is 0 Å². The van der Waals surface area contributed by atoms with E-state index in [4.69, 9.17) is 37.7 Å². The Morgan fingerprint density at radius 2 is 1.57 bits per heavy atom. The van der Waals surface area contributed by atoms with Crippen LogP contribution in [0.25, 0.3) is 22.5 Å². The molecule has 7 heteroatoms. The fourth-order valence-corrected chi connectivity index (χ4v) is 3.02. The summed E-state index contributed by atoms with van der Waals surface area (Å²) in [5.41, 5.74) is 3.98. The largest absolute Gasteiger partial charge is 0.486 e. The number of halogens is 2. The third-order valence-electron chi connectivity index (χ3n) is 4.21. The number of hydrogen-bond donors (Lipinski definition) is 1. The summed E-state index contributed by atoms with van der Waals surface area (Å²) in [6.45, 7) is 1.09. The summed E-state index contributed by atoms with van der Waals surface area (Å²) >= 11 is 11.2. The Morgan fingerprint density at radius 3 is 2.32 bits per heavy atom. The number of fused-ring (bicyclic) bond motifs is 1. The summed E-state index contributed by atoms with van der Waals surface area (Å²) in [6.07, 6.45) is 0. The minimum atomic E-state index is -1.12. The van der Waals surface area contributed by atoms with Gasteiger partial charge in [-0.05, 0) is 42.5 Å². The van der Waals surface area contributed by atoms with Crippen molar-refractivity contribution in [2.45, 2.75) is 4.84 Å². The molecule has 0 spiro atoms. The van der Waals surface area contributed by atoms with Gasteiger partial charge < -0.3 is 14.8 Å². The van der Waals surface area contributed by atoms with E-state index in [1.165, 1.54) is 0 Å². The summed E-state index contributed by atoms with van der Waals surface area (Å²) in [6, 6.07) is 18.9. The van der Waals surface area contributed by atoms with Crippen molar-refractivity contribution < 1.29 is 14.3 Å². The van der Waals surface area contributed by atoms with Gasteiger partial charge in [0.05, 0.1) is 11.4 Å². The third-order valence-corrected chi connectivity index (χ3v) is 4.61. The van der Waals surface area contributed by atoms with Crippen LogP contribution in [0, 0.1) is 0 Å². The van der Waals surface area contributed by atoms with Gasteiger partial charge in [0.1, 0.15) is 13.2 Å². The molecule has 0 radical (unpaired) electrons. The molecule has 0 saturated carbocycles. The first-order chi connectivity index (χ1) is 13.6. The second-order valence-corrected chi connectivity index (χ2v) is 7.23. The average molecular weight is 415 g/mol. The zero-order valence-corrected chi connectivity index (χ0v) is 16.2. The number of anilines is 1. The summed E-state index contributed by atoms with van der Waals surface area (Å²) in [5, 5.41) is 2.67. The molecule has 0 unspecified atom stereocenters. The van der Waals surface area contributed by atoms with Gasteiger partial charge in [0.15, 0.2) is 16.3 Å². The van der Waals surface area contributed by atoms with E-state index in [0.717, 1.165) is 34.0 Å². The van der Waals surface area contributed by atoms with Gasteiger partial charge in [0, 0.05) is 16.8 Å². The Labute approximate surface area is 172 Å². The van der Waals surface area contributed by atoms with Crippen LogP contribution in [-0.4, -0.2) is 28.9 Å². The highest BCUT2D eigenvalue weighted by atomic mass is 35.5. The van der Waals surface area contributed by atoms with Crippen LogP contribution >= 0.6 is 23.2 Å². The maximum absolute atomic E-state index is 11.7. The topological polar surface area (TPSA) is 60.5 Å². The van der Waals surface area contributed by atoms with Gasteiger partial charge in [0.2, 0.25) is 0 Å². The molecule has 5 nitrogen and oxygen atoms in total. The van der Waals surface area contributed by atoms with E-state index in [9.17, 15) is 4.79 Å². The second kappa shape index (κ2) is 8.09. The minimum Gasteiger partial charge on any atom is -0.486 e. The number of alkyl halides is 2. The molecule has 1 aliphatic heterocycles. The summed E-state index contributed by atoms with van der Waals surface area (Å²) in [5.74, 6) is 0.988. The lowest BCUT2D eigenvalue weighted by molar-refractivity contribution is -0.114. The quantitative estimate of drug-likeness (QED) is 0.614. The van der Waals surface area contributed by atoms with Crippen molar-refractivity contribution in [2.24, 2.45) is 0 Å². The first-order valence-corrected chi connectivity index (χ1v) is 9.54. The van der Waals surface area contributed by atoms with Crippen LogP contribution in [0.3, 0.4) is 0 Å². The van der Waals surface area contributed by atoms with Crippen molar-refractivity contribution in [2.75, 3.05) is 18.5 Å². The van der Waals surface area contributed by atoms with Crippen molar-refractivity contribution in [1.82, 2.24) is 4.98 Å². The monoisotopic (exact) mass is 414 g/mol. The number of pyridine rings is 1. The molecule has 2 aromatic carbocycles. The van der Waals surface area contributed by atoms with Crippen LogP contribution in [0.4, 0.5) is 5.69 Å². The molecular formula is C21H16Cl2N2O3. The molecule has 0 aliphatic carbocycles. The summed E-state index contributed by atoms with van der Waals surface area (Å²) in [4.78, 5) is 15.3. The van der Waals surface area contributed by atoms with Crippen molar-refractivity contribution in [3.05, 3.63) is 60.7 Å². The fourth-order valence-electron chi connectivity index (χ4n) is 2.91. The van der Waals surface area contributed by atoms with Gasteiger partial charge in [-0.15, -0.1) is 0 Å². The Hall–Kier alpha value is -2.76. The number of carbonyl (C=O) groups excluding carboxylic acids is 1. The lowest BCUT2D eigenvalue weighted by atomic mass is 10.1. The van der Waals surface area contributed by atoms with Crippen LogP contribution < -0.4 is 14.8 Å². The molecule has 28 heavy (non-hydrogen) atoms. The van der Waals surface area contributed by atoms with E-state index in [1.807, 2.05) is 54.6 Å². The minimum absolute atomic E-state index is 0.474. The average Bonchev–Trinajstić information content (AvgIpc) is 2.73. The van der Waals surface area contributed by atoms with Crippen molar-refractivity contribution in [1.29, 1.82) is 0 Å². The van der Waals surface area contributed by atoms with E-state index in [1.54, 1.807) is 6.07 Å². The molecule has 0 bridgehead atoms. The molecule has 2 heterocycles. The normalized spacial score (nSPS) is 12.7. The lowest BCUT2D eigenvalue weighted by Crippen LogP contribution is -2.18. The smallest absolute Gasteiger partial charge is 0.257 e. The molecule has 1 aliphatic rings. The third kappa shape index (κ3) is 4.06. The van der Waals surface area contributed by atoms with Crippen LogP contribution in [0.5, 0.6) is 11.5 Å². The zero-order chi connectivity index (χ0) is 19.5. The van der Waals surface area contributed by atoms with Crippen molar-refractivity contribution in [3.63, 3.8) is 0 Å². The molecule has 0 atom stereocenters. The molecule has 1 N–H and O–H groups in total. The molecule has 0 saturated heterocycles. The van der Waals surface area contributed by atoms with Gasteiger partial charge in [-0.25, -0.2) is 4.98 Å². The summed E-state index contributed by atoms with van der Waals surface area (Å²) in [7, 11) is 0. The van der Waals surface area contributed by atoms with Crippen molar-refractivity contribution in [3.8, 4) is 34.0 Å². The molecule has 0 fully saturated rings. The van der Waals surface area contributed by atoms with E-state index >= 15 is 0 Å². The summed E-state index contributed by atoms with van der Waals surface area (Å²) < 4.78 is 11.2. The molecule has 1 aromatic heterocycles. The molecule has 4 rings (SSSR count). The number of benzene rings is 2. The number of amides is 1. The number of ether oxygens (including phenoxy) is 2. The molecule has 3 aromatic rings. The Bertz CT molecular complexity index is 1020. The zero-order valence-electron chi connectivity index (χ0n) is 14.7. The van der Waals surface area contributed by atoms with Gasteiger partial charge in [-0.2, -0.15) is 0 Å². The van der Waals surface area contributed by atoms with Gasteiger partial charge in [-0.1, -0.05) is 41.4 Å². The Morgan fingerprint density at radius 1 is 0.893 bits per heavy atom. The molecule has 1 amide bonds. The number of rotatable bonds is 4. The van der Waals surface area contributed by atoms with Crippen molar-refractivity contribution >= 4 is 34.8 Å². The van der Waals surface area contributed by atoms with E-state index in [0.29, 0.717) is 18.9 Å². The Kier molecular flexibility index (Phi) is 5.37. The second-order valence-electron chi connectivity index (χ2n) is 6.14. The standard InChI is InChI=1S/C21H16Cl2N2O3/c22-20(23)21(26)24-15-4-1-3-13(11-15)16-5-2-6-17(25-16)14-7-8-18-19(12-14)28-10-9-27-18/h1-8,11-12,20H,9-10H2,(H,24,26). The van der Waals surface area contributed by atoms with Crippen LogP contribution in [0.15, 0.2) is 60.7 Å². The Balaban J connectivity index is 1.63. The van der Waals surface area contributed by atoms with Crippen LogP contribution in [0.1, 0.15) is 0 Å². The molecular weight excluding hydrogens is 399 g/mol. The predicted molar refractivity (Wildman–Crippen MR) is 110 cm³/mol.